The Morgan fingerprint density at radius 1 is 0.929 bits per heavy atom. The van der Waals surface area contributed by atoms with Crippen molar-refractivity contribution >= 4 is 24.0 Å². The van der Waals surface area contributed by atoms with Gasteiger partial charge in [-0.25, -0.2) is 0 Å². The number of halogens is 1. The SMILES string of the molecule is Cl.O=C1NCN(c2ccccc2)C12CCN(C1CCc3ccccc3C1)CC2. The molecule has 1 atom stereocenters. The number of benzene rings is 2. The molecule has 2 aromatic rings. The predicted octanol–water partition coefficient (Wildman–Crippen LogP) is 3.39. The first-order chi connectivity index (χ1) is 13.3. The summed E-state index contributed by atoms with van der Waals surface area (Å²) in [6.07, 6.45) is 5.38. The number of nitrogens with zero attached hydrogens (tertiary/aromatic N) is 2. The Morgan fingerprint density at radius 2 is 1.61 bits per heavy atom. The number of nitrogens with one attached hydrogen (secondary N) is 1. The van der Waals surface area contributed by atoms with E-state index in [9.17, 15) is 4.79 Å². The molecule has 1 spiro atoms. The molecule has 2 heterocycles. The first kappa shape index (κ1) is 19.3. The first-order valence-corrected chi connectivity index (χ1v) is 10.2. The van der Waals surface area contributed by atoms with Crippen LogP contribution in [0.1, 0.15) is 30.4 Å². The molecule has 1 N–H and O–H groups in total. The van der Waals surface area contributed by atoms with Gasteiger partial charge in [-0.3, -0.25) is 9.69 Å². The van der Waals surface area contributed by atoms with Crippen LogP contribution in [0.3, 0.4) is 0 Å². The van der Waals surface area contributed by atoms with Gasteiger partial charge in [0, 0.05) is 24.8 Å². The first-order valence-electron chi connectivity index (χ1n) is 10.2. The molecule has 148 valence electrons. The van der Waals surface area contributed by atoms with Crippen LogP contribution in [-0.4, -0.2) is 42.1 Å². The van der Waals surface area contributed by atoms with Gasteiger partial charge in [-0.2, -0.15) is 0 Å². The number of fused-ring (bicyclic) bond motifs is 1. The zero-order valence-electron chi connectivity index (χ0n) is 16.1. The highest BCUT2D eigenvalue weighted by atomic mass is 35.5. The molecule has 0 saturated carbocycles. The number of hydrogen-bond donors (Lipinski definition) is 1. The summed E-state index contributed by atoms with van der Waals surface area (Å²) in [6, 6.07) is 19.9. The smallest absolute Gasteiger partial charge is 0.247 e. The molecule has 0 radical (unpaired) electrons. The Hall–Kier alpha value is -2.04. The molecule has 4 nitrogen and oxygen atoms in total. The number of anilines is 1. The van der Waals surface area contributed by atoms with Crippen LogP contribution in [0, 0.1) is 0 Å². The Balaban J connectivity index is 0.00000192. The van der Waals surface area contributed by atoms with Crippen LogP contribution < -0.4 is 10.2 Å². The van der Waals surface area contributed by atoms with Gasteiger partial charge in [-0.05, 0) is 55.4 Å². The number of piperidine rings is 1. The quantitative estimate of drug-likeness (QED) is 0.843. The fourth-order valence-electron chi connectivity index (χ4n) is 5.28. The lowest BCUT2D eigenvalue weighted by molar-refractivity contribution is -0.125. The van der Waals surface area contributed by atoms with E-state index >= 15 is 0 Å². The van der Waals surface area contributed by atoms with Gasteiger partial charge in [0.05, 0.1) is 6.67 Å². The van der Waals surface area contributed by atoms with Gasteiger partial charge in [0.25, 0.3) is 0 Å². The third kappa shape index (κ3) is 3.19. The maximum Gasteiger partial charge on any atom is 0.247 e. The molecule has 2 saturated heterocycles. The molecule has 1 aliphatic carbocycles. The number of aryl methyl sites for hydroxylation is 1. The highest BCUT2D eigenvalue weighted by Crippen LogP contribution is 2.37. The number of carbonyl (C=O) groups excluding carboxylic acids is 1. The summed E-state index contributed by atoms with van der Waals surface area (Å²) in [5.74, 6) is 0.208. The van der Waals surface area contributed by atoms with Crippen molar-refractivity contribution in [1.82, 2.24) is 10.2 Å². The number of amides is 1. The molecule has 0 bridgehead atoms. The fraction of sp³-hybridized carbons (Fsp3) is 0.435. The van der Waals surface area contributed by atoms with Crippen molar-refractivity contribution < 1.29 is 4.79 Å². The summed E-state index contributed by atoms with van der Waals surface area (Å²) in [5.41, 5.74) is 3.81. The summed E-state index contributed by atoms with van der Waals surface area (Å²) in [7, 11) is 0. The summed E-state index contributed by atoms with van der Waals surface area (Å²) in [4.78, 5) is 17.7. The van der Waals surface area contributed by atoms with Crippen molar-refractivity contribution in [2.45, 2.75) is 43.7 Å². The number of likely N-dealkylation sites (tertiary alicyclic amines) is 1. The average Bonchev–Trinajstić information content (AvgIpc) is 3.04. The molecule has 1 amide bonds. The minimum absolute atomic E-state index is 0. The second kappa shape index (κ2) is 7.76. The third-order valence-corrected chi connectivity index (χ3v) is 6.87. The average molecular weight is 398 g/mol. The summed E-state index contributed by atoms with van der Waals surface area (Å²) < 4.78 is 0. The van der Waals surface area contributed by atoms with Crippen molar-refractivity contribution in [2.24, 2.45) is 0 Å². The maximum atomic E-state index is 12.8. The molecule has 28 heavy (non-hydrogen) atoms. The zero-order valence-corrected chi connectivity index (χ0v) is 17.0. The molecule has 5 rings (SSSR count). The van der Waals surface area contributed by atoms with E-state index in [1.807, 2.05) is 6.07 Å². The highest BCUT2D eigenvalue weighted by molar-refractivity contribution is 5.93. The Bertz CT molecular complexity index is 833. The summed E-state index contributed by atoms with van der Waals surface area (Å²) >= 11 is 0. The minimum atomic E-state index is -0.371. The number of para-hydroxylation sites is 1. The van der Waals surface area contributed by atoms with Crippen LogP contribution in [0.2, 0.25) is 0 Å². The van der Waals surface area contributed by atoms with Crippen molar-refractivity contribution in [3.63, 3.8) is 0 Å². The van der Waals surface area contributed by atoms with Gasteiger partial charge in [0.2, 0.25) is 5.91 Å². The van der Waals surface area contributed by atoms with E-state index in [0.29, 0.717) is 12.7 Å². The van der Waals surface area contributed by atoms with Crippen molar-refractivity contribution in [3.8, 4) is 0 Å². The Kier molecular flexibility index (Phi) is 5.35. The highest BCUT2D eigenvalue weighted by Gasteiger charge is 2.50. The van der Waals surface area contributed by atoms with E-state index in [1.165, 1.54) is 24.0 Å². The lowest BCUT2D eigenvalue weighted by Gasteiger charge is -2.46. The van der Waals surface area contributed by atoms with Gasteiger partial charge in [-0.1, -0.05) is 42.5 Å². The van der Waals surface area contributed by atoms with Crippen LogP contribution >= 0.6 is 12.4 Å². The largest absolute Gasteiger partial charge is 0.339 e. The molecule has 2 fully saturated rings. The van der Waals surface area contributed by atoms with E-state index in [1.54, 1.807) is 0 Å². The molecule has 2 aliphatic heterocycles. The lowest BCUT2D eigenvalue weighted by atomic mass is 9.82. The number of rotatable bonds is 2. The minimum Gasteiger partial charge on any atom is -0.339 e. The molecular weight excluding hydrogens is 370 g/mol. The number of carbonyl (C=O) groups is 1. The van der Waals surface area contributed by atoms with Gasteiger partial charge >= 0.3 is 0 Å². The summed E-state index contributed by atoms with van der Waals surface area (Å²) in [6.45, 7) is 2.63. The second-order valence-corrected chi connectivity index (χ2v) is 8.16. The van der Waals surface area contributed by atoms with E-state index in [0.717, 1.165) is 38.0 Å². The van der Waals surface area contributed by atoms with Crippen LogP contribution in [-0.2, 0) is 17.6 Å². The summed E-state index contributed by atoms with van der Waals surface area (Å²) in [5, 5.41) is 3.10. The molecule has 2 aromatic carbocycles. The van der Waals surface area contributed by atoms with Gasteiger partial charge in [0.1, 0.15) is 5.54 Å². The maximum absolute atomic E-state index is 12.8. The second-order valence-electron chi connectivity index (χ2n) is 8.16. The van der Waals surface area contributed by atoms with E-state index in [2.05, 4.69) is 63.6 Å². The Labute approximate surface area is 173 Å². The number of hydrogen-bond acceptors (Lipinski definition) is 3. The predicted molar refractivity (Wildman–Crippen MR) is 115 cm³/mol. The monoisotopic (exact) mass is 397 g/mol. The molecule has 1 unspecified atom stereocenters. The van der Waals surface area contributed by atoms with Crippen molar-refractivity contribution in [2.75, 3.05) is 24.7 Å². The van der Waals surface area contributed by atoms with Gasteiger partial charge < -0.3 is 10.2 Å². The van der Waals surface area contributed by atoms with Crippen LogP contribution in [0.25, 0.3) is 0 Å². The van der Waals surface area contributed by atoms with Crippen LogP contribution in [0.4, 0.5) is 5.69 Å². The molecule has 0 aromatic heterocycles. The zero-order chi connectivity index (χ0) is 18.3. The topological polar surface area (TPSA) is 35.6 Å². The molecular formula is C23H28ClN3O. The Morgan fingerprint density at radius 3 is 2.36 bits per heavy atom. The molecule has 5 heteroatoms. The fourth-order valence-corrected chi connectivity index (χ4v) is 5.28. The van der Waals surface area contributed by atoms with Gasteiger partial charge in [-0.15, -0.1) is 12.4 Å². The van der Waals surface area contributed by atoms with Crippen molar-refractivity contribution in [3.05, 3.63) is 65.7 Å². The third-order valence-electron chi connectivity index (χ3n) is 6.87. The van der Waals surface area contributed by atoms with Crippen LogP contribution in [0.15, 0.2) is 54.6 Å². The standard InChI is InChI=1S/C23H27N3O.ClH/c27-22-23(26(17-24-22)20-8-2-1-3-9-20)12-14-25(15-13-23)21-11-10-18-6-4-5-7-19(18)16-21;/h1-9,21H,10-17H2,(H,24,27);1H. The van der Waals surface area contributed by atoms with E-state index in [-0.39, 0.29) is 23.9 Å². The molecule has 3 aliphatic rings. The van der Waals surface area contributed by atoms with E-state index < -0.39 is 0 Å². The van der Waals surface area contributed by atoms with E-state index in [4.69, 9.17) is 0 Å². The van der Waals surface area contributed by atoms with Crippen LogP contribution in [0.5, 0.6) is 0 Å². The van der Waals surface area contributed by atoms with Crippen molar-refractivity contribution in [1.29, 1.82) is 0 Å². The normalized spacial score (nSPS) is 23.8. The lowest BCUT2D eigenvalue weighted by Crippen LogP contribution is -2.58. The van der Waals surface area contributed by atoms with Gasteiger partial charge in [0.15, 0.2) is 0 Å².